The van der Waals surface area contributed by atoms with Gasteiger partial charge in [0.2, 0.25) is 0 Å². The quantitative estimate of drug-likeness (QED) is 0.780. The zero-order chi connectivity index (χ0) is 13.9. The van der Waals surface area contributed by atoms with Crippen LogP contribution < -0.4 is 5.73 Å². The van der Waals surface area contributed by atoms with E-state index in [0.29, 0.717) is 0 Å². The van der Waals surface area contributed by atoms with E-state index in [1.807, 2.05) is 25.4 Å². The number of pyridine rings is 1. The molecule has 0 bridgehead atoms. The summed E-state index contributed by atoms with van der Waals surface area (Å²) >= 11 is 0. The number of nitrogens with two attached hydrogens (primary N) is 1. The number of hydrogen-bond donors (Lipinski definition) is 1. The van der Waals surface area contributed by atoms with Crippen LogP contribution in [0.1, 0.15) is 12.5 Å². The summed E-state index contributed by atoms with van der Waals surface area (Å²) in [6.07, 6.45) is 4.68. The Kier molecular flexibility index (Phi) is 3.48. The second-order valence-corrected chi connectivity index (χ2v) is 5.28. The SMILES string of the molecule is CC(N)Cc1ccc(-c2cccc3ccncc23)cc1. The van der Waals surface area contributed by atoms with Crippen LogP contribution in [0.15, 0.2) is 60.9 Å². The molecule has 1 heterocycles. The lowest BCUT2D eigenvalue weighted by Crippen LogP contribution is -2.17. The Morgan fingerprint density at radius 3 is 2.60 bits per heavy atom. The largest absolute Gasteiger partial charge is 0.328 e. The smallest absolute Gasteiger partial charge is 0.0352 e. The lowest BCUT2D eigenvalue weighted by molar-refractivity contribution is 0.738. The lowest BCUT2D eigenvalue weighted by Gasteiger charge is -2.09. The maximum absolute atomic E-state index is 5.84. The number of fused-ring (bicyclic) bond motifs is 1. The van der Waals surface area contributed by atoms with E-state index in [9.17, 15) is 0 Å². The van der Waals surface area contributed by atoms with Gasteiger partial charge in [0.05, 0.1) is 0 Å². The molecule has 1 unspecified atom stereocenters. The molecule has 0 saturated heterocycles. The Morgan fingerprint density at radius 2 is 1.85 bits per heavy atom. The average molecular weight is 262 g/mol. The molecule has 0 amide bonds. The normalized spacial score (nSPS) is 12.5. The van der Waals surface area contributed by atoms with Crippen LogP contribution in [0.5, 0.6) is 0 Å². The van der Waals surface area contributed by atoms with Gasteiger partial charge in [0.25, 0.3) is 0 Å². The van der Waals surface area contributed by atoms with Gasteiger partial charge in [0, 0.05) is 23.8 Å². The summed E-state index contributed by atoms with van der Waals surface area (Å²) in [5, 5.41) is 2.41. The predicted octanol–water partition coefficient (Wildman–Crippen LogP) is 3.79. The number of aromatic nitrogens is 1. The molecule has 20 heavy (non-hydrogen) atoms. The van der Waals surface area contributed by atoms with Gasteiger partial charge in [-0.05, 0) is 41.5 Å². The minimum atomic E-state index is 0.197. The Morgan fingerprint density at radius 1 is 1.05 bits per heavy atom. The Labute approximate surface area is 119 Å². The van der Waals surface area contributed by atoms with E-state index in [-0.39, 0.29) is 6.04 Å². The molecular formula is C18H18N2. The van der Waals surface area contributed by atoms with Gasteiger partial charge in [-0.15, -0.1) is 0 Å². The third-order valence-electron chi connectivity index (χ3n) is 3.51. The fourth-order valence-electron chi connectivity index (χ4n) is 2.56. The highest BCUT2D eigenvalue weighted by atomic mass is 14.6. The highest BCUT2D eigenvalue weighted by molar-refractivity contribution is 5.95. The summed E-state index contributed by atoms with van der Waals surface area (Å²) in [5.74, 6) is 0. The zero-order valence-corrected chi connectivity index (χ0v) is 11.6. The molecule has 0 spiro atoms. The topological polar surface area (TPSA) is 38.9 Å². The summed E-state index contributed by atoms with van der Waals surface area (Å²) < 4.78 is 0. The molecule has 3 aromatic rings. The van der Waals surface area contributed by atoms with Crippen molar-refractivity contribution in [3.8, 4) is 11.1 Å². The van der Waals surface area contributed by atoms with Gasteiger partial charge >= 0.3 is 0 Å². The molecule has 0 fully saturated rings. The molecule has 0 radical (unpaired) electrons. The highest BCUT2D eigenvalue weighted by Crippen LogP contribution is 2.28. The van der Waals surface area contributed by atoms with Crippen LogP contribution in [0.4, 0.5) is 0 Å². The van der Waals surface area contributed by atoms with E-state index in [2.05, 4.69) is 47.4 Å². The first-order chi connectivity index (χ1) is 9.74. The summed E-state index contributed by atoms with van der Waals surface area (Å²) in [6, 6.07) is 17.2. The van der Waals surface area contributed by atoms with E-state index in [1.54, 1.807) is 0 Å². The van der Waals surface area contributed by atoms with Crippen LogP contribution >= 0.6 is 0 Å². The lowest BCUT2D eigenvalue weighted by atomic mass is 9.97. The molecule has 1 atom stereocenters. The number of benzene rings is 2. The molecule has 0 aliphatic heterocycles. The van der Waals surface area contributed by atoms with Gasteiger partial charge in [-0.25, -0.2) is 0 Å². The molecule has 0 saturated carbocycles. The second kappa shape index (κ2) is 5.43. The highest BCUT2D eigenvalue weighted by Gasteiger charge is 2.04. The van der Waals surface area contributed by atoms with Gasteiger partial charge in [0.15, 0.2) is 0 Å². The van der Waals surface area contributed by atoms with Crippen molar-refractivity contribution in [3.05, 3.63) is 66.5 Å². The predicted molar refractivity (Wildman–Crippen MR) is 84.5 cm³/mol. The first-order valence-corrected chi connectivity index (χ1v) is 6.91. The van der Waals surface area contributed by atoms with Gasteiger partial charge in [-0.2, -0.15) is 0 Å². The third kappa shape index (κ3) is 2.56. The molecule has 2 aromatic carbocycles. The summed E-state index contributed by atoms with van der Waals surface area (Å²) in [7, 11) is 0. The van der Waals surface area contributed by atoms with Crippen molar-refractivity contribution in [1.29, 1.82) is 0 Å². The fraction of sp³-hybridized carbons (Fsp3) is 0.167. The molecule has 2 heteroatoms. The second-order valence-electron chi connectivity index (χ2n) is 5.28. The van der Waals surface area contributed by atoms with E-state index in [0.717, 1.165) is 6.42 Å². The van der Waals surface area contributed by atoms with E-state index >= 15 is 0 Å². The zero-order valence-electron chi connectivity index (χ0n) is 11.6. The summed E-state index contributed by atoms with van der Waals surface area (Å²) in [4.78, 5) is 4.24. The number of hydrogen-bond acceptors (Lipinski definition) is 2. The van der Waals surface area contributed by atoms with Crippen LogP contribution in [0.2, 0.25) is 0 Å². The molecule has 0 aliphatic carbocycles. The van der Waals surface area contributed by atoms with Gasteiger partial charge in [-0.3, -0.25) is 4.98 Å². The van der Waals surface area contributed by atoms with E-state index < -0.39 is 0 Å². The van der Waals surface area contributed by atoms with Gasteiger partial charge in [-0.1, -0.05) is 42.5 Å². The minimum absolute atomic E-state index is 0.197. The number of nitrogens with zero attached hydrogens (tertiary/aromatic N) is 1. The summed E-state index contributed by atoms with van der Waals surface area (Å²) in [5.41, 5.74) is 9.56. The average Bonchev–Trinajstić information content (AvgIpc) is 2.47. The monoisotopic (exact) mass is 262 g/mol. The van der Waals surface area contributed by atoms with Crippen LogP contribution in [0.3, 0.4) is 0 Å². The van der Waals surface area contributed by atoms with Crippen molar-refractivity contribution in [2.24, 2.45) is 5.73 Å². The molecule has 0 aliphatic rings. The molecule has 2 nitrogen and oxygen atoms in total. The molecular weight excluding hydrogens is 244 g/mol. The van der Waals surface area contributed by atoms with Crippen LogP contribution in [0, 0.1) is 0 Å². The van der Waals surface area contributed by atoms with Gasteiger partial charge in [0.1, 0.15) is 0 Å². The van der Waals surface area contributed by atoms with Crippen molar-refractivity contribution in [2.75, 3.05) is 0 Å². The van der Waals surface area contributed by atoms with Gasteiger partial charge < -0.3 is 5.73 Å². The van der Waals surface area contributed by atoms with Crippen molar-refractivity contribution in [2.45, 2.75) is 19.4 Å². The Hall–Kier alpha value is -2.19. The standard InChI is InChI=1S/C18H18N2/c1-13(19)11-14-5-7-16(8-6-14)17-4-2-3-15-9-10-20-12-18(15)17/h2-10,12-13H,11,19H2,1H3. The molecule has 3 rings (SSSR count). The summed E-state index contributed by atoms with van der Waals surface area (Å²) in [6.45, 7) is 2.03. The maximum Gasteiger partial charge on any atom is 0.0352 e. The van der Waals surface area contributed by atoms with Crippen molar-refractivity contribution in [3.63, 3.8) is 0 Å². The van der Waals surface area contributed by atoms with Crippen molar-refractivity contribution in [1.82, 2.24) is 4.98 Å². The van der Waals surface area contributed by atoms with Crippen molar-refractivity contribution < 1.29 is 0 Å². The van der Waals surface area contributed by atoms with Crippen LogP contribution in [-0.4, -0.2) is 11.0 Å². The van der Waals surface area contributed by atoms with E-state index in [1.165, 1.54) is 27.5 Å². The molecule has 1 aromatic heterocycles. The maximum atomic E-state index is 5.84. The van der Waals surface area contributed by atoms with Crippen LogP contribution in [-0.2, 0) is 6.42 Å². The van der Waals surface area contributed by atoms with E-state index in [4.69, 9.17) is 5.73 Å². The fourth-order valence-corrected chi connectivity index (χ4v) is 2.56. The van der Waals surface area contributed by atoms with Crippen LogP contribution in [0.25, 0.3) is 21.9 Å². The molecule has 100 valence electrons. The number of rotatable bonds is 3. The van der Waals surface area contributed by atoms with Crippen molar-refractivity contribution >= 4 is 10.8 Å². The first-order valence-electron chi connectivity index (χ1n) is 6.91. The third-order valence-corrected chi connectivity index (χ3v) is 3.51. The Balaban J connectivity index is 2.03. The molecule has 2 N–H and O–H groups in total. The first kappa shape index (κ1) is 12.8. The Bertz CT molecular complexity index is 710. The minimum Gasteiger partial charge on any atom is -0.328 e.